The summed E-state index contributed by atoms with van der Waals surface area (Å²) >= 11 is 5.93. The molecule has 2 aromatic heterocycles. The summed E-state index contributed by atoms with van der Waals surface area (Å²) in [4.78, 5) is 11.7. The smallest absolute Gasteiger partial charge is 0.344 e. The number of aryl methyl sites for hydroxylation is 1. The first-order valence-corrected chi connectivity index (χ1v) is 7.53. The Hall–Kier alpha value is -2.73. The molecule has 0 atom stereocenters. The topological polar surface area (TPSA) is 74.7 Å². The molecular weight excluding hydrogens is 334 g/mol. The third-order valence-corrected chi connectivity index (χ3v) is 3.61. The Morgan fingerprint density at radius 3 is 2.88 bits per heavy atom. The summed E-state index contributed by atoms with van der Waals surface area (Å²) in [5.41, 5.74) is 1.35. The van der Waals surface area contributed by atoms with E-state index in [1.165, 1.54) is 6.26 Å². The molecule has 0 N–H and O–H groups in total. The zero-order valence-corrected chi connectivity index (χ0v) is 13.6. The maximum Gasteiger partial charge on any atom is 0.344 e. The van der Waals surface area contributed by atoms with Crippen LogP contribution in [-0.4, -0.2) is 17.7 Å². The second-order valence-electron chi connectivity index (χ2n) is 5.02. The fraction of sp³-hybridized carbons (Fsp3) is 0.176. The first kappa shape index (κ1) is 16.1. The lowest BCUT2D eigenvalue weighted by atomic mass is 10.2. The fourth-order valence-corrected chi connectivity index (χ4v) is 2.08. The maximum atomic E-state index is 11.7. The van der Waals surface area contributed by atoms with Gasteiger partial charge in [-0.05, 0) is 42.8 Å². The van der Waals surface area contributed by atoms with Gasteiger partial charge in [-0.25, -0.2) is 4.79 Å². The number of benzene rings is 1. The highest BCUT2D eigenvalue weighted by Gasteiger charge is 2.11. The molecule has 7 heteroatoms. The quantitative estimate of drug-likeness (QED) is 0.627. The third kappa shape index (κ3) is 3.97. The minimum Gasteiger partial charge on any atom is -0.482 e. The van der Waals surface area contributed by atoms with Crippen molar-refractivity contribution in [1.82, 2.24) is 5.16 Å². The number of hydrogen-bond acceptors (Lipinski definition) is 6. The predicted octanol–water partition coefficient (Wildman–Crippen LogP) is 4.02. The van der Waals surface area contributed by atoms with Crippen LogP contribution in [0.15, 0.2) is 51.6 Å². The summed E-state index contributed by atoms with van der Waals surface area (Å²) in [5, 5.41) is 4.46. The summed E-state index contributed by atoms with van der Waals surface area (Å²) in [6.07, 6.45) is 1.54. The number of furan rings is 1. The van der Waals surface area contributed by atoms with Crippen molar-refractivity contribution in [3.05, 3.63) is 58.9 Å². The number of aromatic nitrogens is 1. The monoisotopic (exact) mass is 347 g/mol. The van der Waals surface area contributed by atoms with Gasteiger partial charge in [0.2, 0.25) is 5.76 Å². The van der Waals surface area contributed by atoms with E-state index in [4.69, 9.17) is 30.0 Å². The number of esters is 1. The number of nitrogens with zero attached hydrogens (tertiary/aromatic N) is 1. The van der Waals surface area contributed by atoms with Crippen LogP contribution in [0.25, 0.3) is 11.5 Å². The molecule has 24 heavy (non-hydrogen) atoms. The van der Waals surface area contributed by atoms with Crippen molar-refractivity contribution in [2.45, 2.75) is 13.5 Å². The van der Waals surface area contributed by atoms with Crippen molar-refractivity contribution >= 4 is 17.6 Å². The van der Waals surface area contributed by atoms with Crippen molar-refractivity contribution < 1.29 is 23.2 Å². The molecule has 124 valence electrons. The number of ether oxygens (including phenoxy) is 2. The molecule has 1 aromatic carbocycles. The van der Waals surface area contributed by atoms with Gasteiger partial charge in [-0.2, -0.15) is 0 Å². The van der Waals surface area contributed by atoms with Gasteiger partial charge in [0.15, 0.2) is 12.4 Å². The van der Waals surface area contributed by atoms with Crippen LogP contribution in [0.4, 0.5) is 0 Å². The summed E-state index contributed by atoms with van der Waals surface area (Å²) in [7, 11) is 0. The summed E-state index contributed by atoms with van der Waals surface area (Å²) in [5.74, 6) is 1.07. The van der Waals surface area contributed by atoms with Gasteiger partial charge in [0, 0.05) is 11.1 Å². The Bertz CT molecular complexity index is 825. The summed E-state index contributed by atoms with van der Waals surface area (Å²) < 4.78 is 20.8. The Kier molecular flexibility index (Phi) is 4.86. The molecule has 0 saturated carbocycles. The van der Waals surface area contributed by atoms with Crippen molar-refractivity contribution in [2.24, 2.45) is 0 Å². The Balaban J connectivity index is 1.48. The highest BCUT2D eigenvalue weighted by atomic mass is 35.5. The van der Waals surface area contributed by atoms with Crippen molar-refractivity contribution in [3.63, 3.8) is 0 Å². The van der Waals surface area contributed by atoms with E-state index in [-0.39, 0.29) is 13.2 Å². The molecule has 0 aliphatic heterocycles. The van der Waals surface area contributed by atoms with Gasteiger partial charge in [0.25, 0.3) is 0 Å². The molecule has 0 saturated heterocycles. The molecule has 0 spiro atoms. The number of carbonyl (C=O) groups is 1. The highest BCUT2D eigenvalue weighted by Crippen LogP contribution is 2.22. The fourth-order valence-electron chi connectivity index (χ4n) is 1.96. The van der Waals surface area contributed by atoms with E-state index in [1.807, 2.05) is 6.92 Å². The molecule has 3 rings (SSSR count). The number of hydrogen-bond donors (Lipinski definition) is 0. The van der Waals surface area contributed by atoms with Crippen LogP contribution in [0.2, 0.25) is 5.02 Å². The average molecular weight is 348 g/mol. The zero-order valence-electron chi connectivity index (χ0n) is 12.8. The van der Waals surface area contributed by atoms with Gasteiger partial charge in [-0.1, -0.05) is 16.8 Å². The molecule has 0 bridgehead atoms. The molecule has 2 heterocycles. The van der Waals surface area contributed by atoms with Gasteiger partial charge in [-0.15, -0.1) is 0 Å². The lowest BCUT2D eigenvalue weighted by Gasteiger charge is -2.07. The van der Waals surface area contributed by atoms with Gasteiger partial charge >= 0.3 is 5.97 Å². The predicted molar refractivity (Wildman–Crippen MR) is 85.7 cm³/mol. The van der Waals surface area contributed by atoms with Gasteiger partial charge in [0.05, 0.1) is 6.26 Å². The SMILES string of the molecule is Cc1cc(OCC(=O)OCc2cc(-c3ccco3)on2)ccc1Cl. The molecule has 0 amide bonds. The molecule has 3 aromatic rings. The molecule has 0 aliphatic carbocycles. The van der Waals surface area contributed by atoms with E-state index in [9.17, 15) is 4.79 Å². The Morgan fingerprint density at radius 2 is 2.12 bits per heavy atom. The zero-order chi connectivity index (χ0) is 16.9. The standard InChI is InChI=1S/C17H14ClNO5/c1-11-7-13(4-5-14(11)18)22-10-17(20)23-9-12-8-16(24-19-12)15-3-2-6-21-15/h2-8H,9-10H2,1H3. The van der Waals surface area contributed by atoms with Crippen LogP contribution >= 0.6 is 11.6 Å². The molecule has 0 aliphatic rings. The molecular formula is C17H14ClNO5. The van der Waals surface area contributed by atoms with Gasteiger partial charge < -0.3 is 18.4 Å². The normalized spacial score (nSPS) is 10.6. The van der Waals surface area contributed by atoms with E-state index >= 15 is 0 Å². The Labute approximate surface area is 142 Å². The summed E-state index contributed by atoms with van der Waals surface area (Å²) in [6, 6.07) is 10.3. The Morgan fingerprint density at radius 1 is 1.25 bits per heavy atom. The third-order valence-electron chi connectivity index (χ3n) is 3.19. The molecule has 6 nitrogen and oxygen atoms in total. The second kappa shape index (κ2) is 7.23. The maximum absolute atomic E-state index is 11.7. The average Bonchev–Trinajstić information content (AvgIpc) is 3.25. The molecule has 0 radical (unpaired) electrons. The van der Waals surface area contributed by atoms with Crippen LogP contribution in [-0.2, 0) is 16.1 Å². The first-order valence-electron chi connectivity index (χ1n) is 7.16. The van der Waals surface area contributed by atoms with Crippen molar-refractivity contribution in [3.8, 4) is 17.3 Å². The van der Waals surface area contributed by atoms with Crippen molar-refractivity contribution in [1.29, 1.82) is 0 Å². The van der Waals surface area contributed by atoms with Crippen LogP contribution in [0.1, 0.15) is 11.3 Å². The van der Waals surface area contributed by atoms with Gasteiger partial charge in [0.1, 0.15) is 18.1 Å². The molecule has 0 fully saturated rings. The van der Waals surface area contributed by atoms with E-state index in [2.05, 4.69) is 5.16 Å². The number of rotatable bonds is 6. The lowest BCUT2D eigenvalue weighted by Crippen LogP contribution is -2.14. The van der Waals surface area contributed by atoms with Gasteiger partial charge in [-0.3, -0.25) is 0 Å². The minimum absolute atomic E-state index is 0.00789. The van der Waals surface area contributed by atoms with E-state index in [1.54, 1.807) is 36.4 Å². The van der Waals surface area contributed by atoms with E-state index < -0.39 is 5.97 Å². The lowest BCUT2D eigenvalue weighted by molar-refractivity contribution is -0.147. The summed E-state index contributed by atoms with van der Waals surface area (Å²) in [6.45, 7) is 1.64. The van der Waals surface area contributed by atoms with E-state index in [0.717, 1.165) is 5.56 Å². The van der Waals surface area contributed by atoms with Crippen LogP contribution < -0.4 is 4.74 Å². The minimum atomic E-state index is -0.509. The van der Waals surface area contributed by atoms with Crippen molar-refractivity contribution in [2.75, 3.05) is 6.61 Å². The number of carbonyl (C=O) groups excluding carboxylic acids is 1. The number of halogens is 1. The van der Waals surface area contributed by atoms with Crippen LogP contribution in [0, 0.1) is 6.92 Å². The van der Waals surface area contributed by atoms with E-state index in [0.29, 0.717) is 28.0 Å². The first-order chi connectivity index (χ1) is 11.6. The second-order valence-corrected chi connectivity index (χ2v) is 5.43. The molecule has 0 unspecified atom stereocenters. The van der Waals surface area contributed by atoms with Crippen LogP contribution in [0.5, 0.6) is 5.75 Å². The largest absolute Gasteiger partial charge is 0.482 e. The highest BCUT2D eigenvalue weighted by molar-refractivity contribution is 6.31. The van der Waals surface area contributed by atoms with Crippen LogP contribution in [0.3, 0.4) is 0 Å².